The Kier molecular flexibility index (Phi) is 3.88. The molecule has 0 amide bonds. The standard InChI is InChI=1S/C15H16N4OS/c1-3-19-12-7-5-4-6-11(12)13-14(19)16-15(18-17-13)21-9-8-10(2)20/h4-7H,3,8-9H2,1-2H3. The number of Topliss-reactive ketones (excluding diaryl/α,β-unsaturated/α-hetero) is 1. The average molecular weight is 300 g/mol. The summed E-state index contributed by atoms with van der Waals surface area (Å²) in [5.41, 5.74) is 2.82. The van der Waals surface area contributed by atoms with Gasteiger partial charge in [0.1, 0.15) is 11.3 Å². The first-order valence-corrected chi connectivity index (χ1v) is 7.93. The van der Waals surface area contributed by atoms with E-state index in [1.807, 2.05) is 18.2 Å². The van der Waals surface area contributed by atoms with Crippen LogP contribution in [-0.2, 0) is 11.3 Å². The number of aromatic nitrogens is 4. The summed E-state index contributed by atoms with van der Waals surface area (Å²) < 4.78 is 2.15. The van der Waals surface area contributed by atoms with Crippen molar-refractivity contribution in [1.82, 2.24) is 19.7 Å². The quantitative estimate of drug-likeness (QED) is 0.678. The van der Waals surface area contributed by atoms with E-state index in [1.54, 1.807) is 6.92 Å². The van der Waals surface area contributed by atoms with Gasteiger partial charge in [-0.1, -0.05) is 30.0 Å². The molecule has 3 aromatic rings. The zero-order valence-corrected chi connectivity index (χ0v) is 12.9. The van der Waals surface area contributed by atoms with E-state index in [0.717, 1.165) is 28.6 Å². The predicted molar refractivity (Wildman–Crippen MR) is 84.5 cm³/mol. The van der Waals surface area contributed by atoms with Gasteiger partial charge in [0.05, 0.1) is 5.52 Å². The number of aryl methyl sites for hydroxylation is 1. The molecule has 1 aromatic carbocycles. The van der Waals surface area contributed by atoms with Crippen molar-refractivity contribution < 1.29 is 4.79 Å². The van der Waals surface area contributed by atoms with Crippen LogP contribution in [0.3, 0.4) is 0 Å². The lowest BCUT2D eigenvalue weighted by Crippen LogP contribution is -1.99. The molecule has 21 heavy (non-hydrogen) atoms. The number of fused-ring (bicyclic) bond motifs is 3. The van der Waals surface area contributed by atoms with Crippen molar-refractivity contribution in [2.75, 3.05) is 5.75 Å². The molecule has 6 heteroatoms. The maximum atomic E-state index is 11.0. The minimum absolute atomic E-state index is 0.180. The Morgan fingerprint density at radius 1 is 1.29 bits per heavy atom. The Morgan fingerprint density at radius 2 is 2.10 bits per heavy atom. The molecule has 108 valence electrons. The Bertz CT molecular complexity index is 812. The topological polar surface area (TPSA) is 60.7 Å². The van der Waals surface area contributed by atoms with Crippen molar-refractivity contribution in [3.05, 3.63) is 24.3 Å². The molecule has 0 aliphatic rings. The Balaban J connectivity index is 2.04. The second-order valence-corrected chi connectivity index (χ2v) is 5.89. The fourth-order valence-electron chi connectivity index (χ4n) is 2.36. The second-order valence-electron chi connectivity index (χ2n) is 4.83. The van der Waals surface area contributed by atoms with Crippen LogP contribution in [0.15, 0.2) is 29.4 Å². The first-order valence-electron chi connectivity index (χ1n) is 6.94. The molecule has 0 aliphatic heterocycles. The molecule has 0 unspecified atom stereocenters. The number of hydrogen-bond donors (Lipinski definition) is 0. The predicted octanol–water partition coefficient (Wildman–Crippen LogP) is 3.07. The number of thioether (sulfide) groups is 1. The molecular weight excluding hydrogens is 284 g/mol. The highest BCUT2D eigenvalue weighted by Crippen LogP contribution is 2.26. The Hall–Kier alpha value is -1.95. The number of carbonyl (C=O) groups excluding carboxylic acids is 1. The van der Waals surface area contributed by atoms with Crippen LogP contribution < -0.4 is 0 Å². The Labute approximate surface area is 126 Å². The van der Waals surface area contributed by atoms with Gasteiger partial charge in [0.15, 0.2) is 5.65 Å². The van der Waals surface area contributed by atoms with Crippen molar-refractivity contribution in [1.29, 1.82) is 0 Å². The maximum Gasteiger partial charge on any atom is 0.211 e. The van der Waals surface area contributed by atoms with Crippen LogP contribution in [0.5, 0.6) is 0 Å². The number of para-hydroxylation sites is 1. The fourth-order valence-corrected chi connectivity index (χ4v) is 3.18. The van der Waals surface area contributed by atoms with Crippen molar-refractivity contribution in [2.45, 2.75) is 32.0 Å². The van der Waals surface area contributed by atoms with Gasteiger partial charge < -0.3 is 4.57 Å². The molecule has 0 bridgehead atoms. The van der Waals surface area contributed by atoms with Crippen molar-refractivity contribution >= 4 is 39.6 Å². The minimum Gasteiger partial charge on any atom is -0.324 e. The van der Waals surface area contributed by atoms with E-state index in [-0.39, 0.29) is 5.78 Å². The van der Waals surface area contributed by atoms with E-state index in [0.29, 0.717) is 17.3 Å². The van der Waals surface area contributed by atoms with Crippen LogP contribution in [0.1, 0.15) is 20.3 Å². The number of hydrogen-bond acceptors (Lipinski definition) is 5. The van der Waals surface area contributed by atoms with Gasteiger partial charge in [-0.2, -0.15) is 0 Å². The van der Waals surface area contributed by atoms with Gasteiger partial charge in [-0.3, -0.25) is 4.79 Å². The summed E-state index contributed by atoms with van der Waals surface area (Å²) in [7, 11) is 0. The Morgan fingerprint density at radius 3 is 2.86 bits per heavy atom. The van der Waals surface area contributed by atoms with Gasteiger partial charge in [0, 0.05) is 24.1 Å². The largest absolute Gasteiger partial charge is 0.324 e. The molecule has 0 spiro atoms. The summed E-state index contributed by atoms with van der Waals surface area (Å²) in [5, 5.41) is 10.2. The maximum absolute atomic E-state index is 11.0. The molecule has 0 saturated heterocycles. The van der Waals surface area contributed by atoms with Gasteiger partial charge in [-0.15, -0.1) is 10.2 Å². The molecule has 5 nitrogen and oxygen atoms in total. The summed E-state index contributed by atoms with van der Waals surface area (Å²) in [6, 6.07) is 8.13. The number of rotatable bonds is 5. The normalized spacial score (nSPS) is 11.3. The van der Waals surface area contributed by atoms with Gasteiger partial charge in [-0.05, 0) is 19.9 Å². The van der Waals surface area contributed by atoms with E-state index in [1.165, 1.54) is 11.8 Å². The highest BCUT2D eigenvalue weighted by molar-refractivity contribution is 7.99. The monoisotopic (exact) mass is 300 g/mol. The third-order valence-electron chi connectivity index (χ3n) is 3.36. The van der Waals surface area contributed by atoms with Gasteiger partial charge >= 0.3 is 0 Å². The third kappa shape index (κ3) is 2.63. The molecule has 0 radical (unpaired) electrons. The number of carbonyl (C=O) groups is 1. The van der Waals surface area contributed by atoms with Crippen LogP contribution >= 0.6 is 11.8 Å². The van der Waals surface area contributed by atoms with E-state index >= 15 is 0 Å². The van der Waals surface area contributed by atoms with E-state index < -0.39 is 0 Å². The SMILES string of the molecule is CCn1c2ccccc2c2nnc(SCCC(C)=O)nc21. The van der Waals surface area contributed by atoms with Crippen LogP contribution in [0.25, 0.3) is 22.1 Å². The highest BCUT2D eigenvalue weighted by atomic mass is 32.2. The van der Waals surface area contributed by atoms with Gasteiger partial charge in [-0.25, -0.2) is 4.98 Å². The molecule has 0 saturated carbocycles. The molecule has 2 heterocycles. The molecule has 0 fully saturated rings. The molecule has 0 atom stereocenters. The smallest absolute Gasteiger partial charge is 0.211 e. The van der Waals surface area contributed by atoms with E-state index in [4.69, 9.17) is 0 Å². The van der Waals surface area contributed by atoms with Crippen LogP contribution in [0.2, 0.25) is 0 Å². The summed E-state index contributed by atoms with van der Waals surface area (Å²) in [4.78, 5) is 15.6. The molecular formula is C15H16N4OS. The number of nitrogens with zero attached hydrogens (tertiary/aromatic N) is 4. The summed E-state index contributed by atoms with van der Waals surface area (Å²) in [6.45, 7) is 4.52. The van der Waals surface area contributed by atoms with E-state index in [9.17, 15) is 4.79 Å². The van der Waals surface area contributed by atoms with Gasteiger partial charge in [0.25, 0.3) is 0 Å². The van der Waals surface area contributed by atoms with Crippen LogP contribution in [0.4, 0.5) is 0 Å². The summed E-state index contributed by atoms with van der Waals surface area (Å²) in [6.07, 6.45) is 0.531. The molecule has 0 aliphatic carbocycles. The lowest BCUT2D eigenvalue weighted by atomic mass is 10.2. The van der Waals surface area contributed by atoms with Crippen LogP contribution in [0, 0.1) is 0 Å². The fraction of sp³-hybridized carbons (Fsp3) is 0.333. The van der Waals surface area contributed by atoms with E-state index in [2.05, 4.69) is 32.7 Å². The first kappa shape index (κ1) is 14.0. The highest BCUT2D eigenvalue weighted by Gasteiger charge is 2.13. The molecule has 3 rings (SSSR count). The zero-order chi connectivity index (χ0) is 14.8. The molecule has 2 aromatic heterocycles. The minimum atomic E-state index is 0.180. The zero-order valence-electron chi connectivity index (χ0n) is 12.0. The molecule has 0 N–H and O–H groups in total. The number of ketones is 1. The van der Waals surface area contributed by atoms with Crippen molar-refractivity contribution in [3.8, 4) is 0 Å². The number of benzene rings is 1. The van der Waals surface area contributed by atoms with Crippen molar-refractivity contribution in [2.24, 2.45) is 0 Å². The summed E-state index contributed by atoms with van der Waals surface area (Å²) >= 11 is 1.47. The first-order chi connectivity index (χ1) is 10.2. The average Bonchev–Trinajstić information content (AvgIpc) is 2.80. The lowest BCUT2D eigenvalue weighted by Gasteiger charge is -2.02. The van der Waals surface area contributed by atoms with Crippen molar-refractivity contribution in [3.63, 3.8) is 0 Å². The van der Waals surface area contributed by atoms with Crippen LogP contribution in [-0.4, -0.2) is 31.3 Å². The van der Waals surface area contributed by atoms with Gasteiger partial charge in [0.2, 0.25) is 5.16 Å². The third-order valence-corrected chi connectivity index (χ3v) is 4.20. The second kappa shape index (κ2) is 5.81. The lowest BCUT2D eigenvalue weighted by molar-refractivity contribution is -0.116. The summed E-state index contributed by atoms with van der Waals surface area (Å²) in [5.74, 6) is 0.869.